The van der Waals surface area contributed by atoms with Gasteiger partial charge in [-0.05, 0) is 63.2 Å². The summed E-state index contributed by atoms with van der Waals surface area (Å²) in [6.45, 7) is 4.51. The van der Waals surface area contributed by atoms with Gasteiger partial charge in [0.15, 0.2) is 5.78 Å². The molecule has 0 heterocycles. The fraction of sp³-hybridized carbons (Fsp3) is 0.962. The van der Waals surface area contributed by atoms with E-state index in [0.717, 1.165) is 63.2 Å². The number of hydrogen-bond donors (Lipinski definition) is 0. The van der Waals surface area contributed by atoms with E-state index in [2.05, 4.69) is 13.8 Å². The van der Waals surface area contributed by atoms with Crippen LogP contribution in [-0.4, -0.2) is 12.0 Å². The summed E-state index contributed by atoms with van der Waals surface area (Å²) in [5, 5.41) is 0. The van der Waals surface area contributed by atoms with Crippen molar-refractivity contribution in [3.05, 3.63) is 0 Å². The van der Waals surface area contributed by atoms with E-state index in [0.29, 0.717) is 5.78 Å². The summed E-state index contributed by atoms with van der Waals surface area (Å²) in [4.78, 5) is 13.3. The van der Waals surface area contributed by atoms with Crippen LogP contribution in [0.3, 0.4) is 0 Å². The van der Waals surface area contributed by atoms with Gasteiger partial charge in [0.25, 0.3) is 0 Å². The molecule has 3 aliphatic carbocycles. The topological polar surface area (TPSA) is 17.1 Å². The molecular weight excluding hydrogens is 347 g/mol. The molecule has 1 nitrogen and oxygen atoms in total. The SMILES string of the molecule is CCCCCCC1CC[C@]2(CC1)C(=O)[C@@]1(CCC(CCCCCC)CC1)C2F. The van der Waals surface area contributed by atoms with Gasteiger partial charge >= 0.3 is 0 Å². The van der Waals surface area contributed by atoms with Crippen LogP contribution in [-0.2, 0) is 4.79 Å². The zero-order valence-electron chi connectivity index (χ0n) is 18.7. The first-order chi connectivity index (χ1) is 13.6. The smallest absolute Gasteiger partial charge is 0.151 e. The fourth-order valence-electron chi connectivity index (χ4n) is 6.82. The molecule has 0 bridgehead atoms. The van der Waals surface area contributed by atoms with E-state index in [9.17, 15) is 4.79 Å². The maximum Gasteiger partial charge on any atom is 0.151 e. The highest BCUT2D eigenvalue weighted by Crippen LogP contribution is 2.65. The minimum Gasteiger partial charge on any atom is -0.298 e. The Bertz CT molecular complexity index is 441. The number of unbranched alkanes of at least 4 members (excludes halogenated alkanes) is 6. The first kappa shape index (κ1) is 22.3. The highest BCUT2D eigenvalue weighted by Gasteiger charge is 2.71. The third-order valence-electron chi connectivity index (χ3n) is 8.80. The molecule has 0 aromatic carbocycles. The van der Waals surface area contributed by atoms with Crippen molar-refractivity contribution in [2.24, 2.45) is 22.7 Å². The lowest BCUT2D eigenvalue weighted by Crippen LogP contribution is -2.69. The number of halogens is 1. The highest BCUT2D eigenvalue weighted by molar-refractivity contribution is 5.98. The molecule has 162 valence electrons. The van der Waals surface area contributed by atoms with Crippen LogP contribution >= 0.6 is 0 Å². The standard InChI is InChI=1S/C26H45FO/c1-3-5-7-9-11-21-13-17-25(18-14-21)23(27)26(24(25)28)19-15-22(16-20-26)12-10-8-6-4-2/h21-23H,3-20H2,1-2H3/t21?,22?,23?,25-,26-. The van der Waals surface area contributed by atoms with Crippen LogP contribution in [0.1, 0.15) is 129 Å². The van der Waals surface area contributed by atoms with Crippen molar-refractivity contribution in [3.8, 4) is 0 Å². The molecule has 0 atom stereocenters. The molecule has 0 unspecified atom stereocenters. The van der Waals surface area contributed by atoms with Crippen molar-refractivity contribution in [1.82, 2.24) is 0 Å². The maximum absolute atomic E-state index is 15.6. The third kappa shape index (κ3) is 4.36. The summed E-state index contributed by atoms with van der Waals surface area (Å²) in [5.74, 6) is 1.84. The van der Waals surface area contributed by atoms with Gasteiger partial charge in [0, 0.05) is 0 Å². The first-order valence-corrected chi connectivity index (χ1v) is 12.8. The molecule has 0 aromatic rings. The van der Waals surface area contributed by atoms with Crippen molar-refractivity contribution in [2.75, 3.05) is 0 Å². The average Bonchev–Trinajstić information content (AvgIpc) is 2.74. The number of ketones is 1. The number of Topliss-reactive ketones (excluding diaryl/α,β-unsaturated/α-hetero) is 1. The van der Waals surface area contributed by atoms with Crippen LogP contribution < -0.4 is 0 Å². The van der Waals surface area contributed by atoms with Gasteiger partial charge < -0.3 is 0 Å². The molecule has 2 spiro atoms. The second kappa shape index (κ2) is 10.1. The van der Waals surface area contributed by atoms with Gasteiger partial charge in [-0.25, -0.2) is 4.39 Å². The van der Waals surface area contributed by atoms with Gasteiger partial charge in [-0.1, -0.05) is 78.1 Å². The fourth-order valence-corrected chi connectivity index (χ4v) is 6.82. The Morgan fingerprint density at radius 2 is 1.11 bits per heavy atom. The van der Waals surface area contributed by atoms with Gasteiger partial charge in [0.2, 0.25) is 0 Å². The number of alkyl halides is 1. The monoisotopic (exact) mass is 392 g/mol. The predicted octanol–water partition coefficient (Wildman–Crippen LogP) is 8.20. The number of carbonyl (C=O) groups excluding carboxylic acids is 1. The van der Waals surface area contributed by atoms with E-state index in [1.54, 1.807) is 0 Å². The van der Waals surface area contributed by atoms with Crippen LogP contribution in [0.5, 0.6) is 0 Å². The molecular formula is C26H45FO. The number of carbonyl (C=O) groups is 1. The normalized spacial score (nSPS) is 38.1. The van der Waals surface area contributed by atoms with Crippen LogP contribution in [0.2, 0.25) is 0 Å². The molecule has 3 aliphatic rings. The first-order valence-electron chi connectivity index (χ1n) is 12.8. The van der Waals surface area contributed by atoms with Crippen molar-refractivity contribution in [2.45, 2.75) is 136 Å². The summed E-state index contributed by atoms with van der Waals surface area (Å²) in [6, 6.07) is 0. The Morgan fingerprint density at radius 3 is 1.43 bits per heavy atom. The summed E-state index contributed by atoms with van der Waals surface area (Å²) < 4.78 is 15.6. The van der Waals surface area contributed by atoms with E-state index in [1.165, 1.54) is 64.2 Å². The van der Waals surface area contributed by atoms with E-state index >= 15 is 4.39 Å². The maximum atomic E-state index is 15.6. The van der Waals surface area contributed by atoms with E-state index in [1.807, 2.05) is 0 Å². The van der Waals surface area contributed by atoms with Crippen LogP contribution in [0.15, 0.2) is 0 Å². The average molecular weight is 393 g/mol. The van der Waals surface area contributed by atoms with Crippen molar-refractivity contribution in [3.63, 3.8) is 0 Å². The molecule has 0 saturated heterocycles. The van der Waals surface area contributed by atoms with Crippen LogP contribution in [0.4, 0.5) is 4.39 Å². The molecule has 3 saturated carbocycles. The Kier molecular flexibility index (Phi) is 8.02. The van der Waals surface area contributed by atoms with Crippen molar-refractivity contribution >= 4 is 5.78 Å². The molecule has 0 amide bonds. The molecule has 3 rings (SSSR count). The minimum absolute atomic E-state index is 0.348. The molecule has 3 fully saturated rings. The van der Waals surface area contributed by atoms with Gasteiger partial charge in [0.1, 0.15) is 6.17 Å². The number of rotatable bonds is 10. The second-order valence-electron chi connectivity index (χ2n) is 10.6. The molecule has 0 radical (unpaired) electrons. The zero-order chi connectivity index (χ0) is 20.0. The second-order valence-corrected chi connectivity index (χ2v) is 10.6. The zero-order valence-corrected chi connectivity index (χ0v) is 18.7. The lowest BCUT2D eigenvalue weighted by Gasteiger charge is -2.61. The summed E-state index contributed by atoms with van der Waals surface area (Å²) in [6.07, 6.45) is 20.1. The van der Waals surface area contributed by atoms with Gasteiger partial charge in [-0.2, -0.15) is 0 Å². The Labute approximate surface area is 173 Å². The minimum atomic E-state index is -0.838. The molecule has 0 aliphatic heterocycles. The van der Waals surface area contributed by atoms with Gasteiger partial charge in [-0.3, -0.25) is 4.79 Å². The summed E-state index contributed by atoms with van der Waals surface area (Å²) in [7, 11) is 0. The predicted molar refractivity (Wildman–Crippen MR) is 116 cm³/mol. The Hall–Kier alpha value is -0.400. The highest BCUT2D eigenvalue weighted by atomic mass is 19.1. The van der Waals surface area contributed by atoms with E-state index in [-0.39, 0.29) is 0 Å². The molecule has 28 heavy (non-hydrogen) atoms. The summed E-state index contributed by atoms with van der Waals surface area (Å²) >= 11 is 0. The molecule has 2 heteroatoms. The van der Waals surface area contributed by atoms with E-state index in [4.69, 9.17) is 0 Å². The Balaban J connectivity index is 1.43. The number of hydrogen-bond acceptors (Lipinski definition) is 1. The largest absolute Gasteiger partial charge is 0.298 e. The quantitative estimate of drug-likeness (QED) is 0.342. The molecule has 0 aromatic heterocycles. The van der Waals surface area contributed by atoms with Crippen LogP contribution in [0, 0.1) is 22.7 Å². The van der Waals surface area contributed by atoms with Crippen LogP contribution in [0.25, 0.3) is 0 Å². The van der Waals surface area contributed by atoms with Gasteiger partial charge in [-0.15, -0.1) is 0 Å². The summed E-state index contributed by atoms with van der Waals surface area (Å²) in [5.41, 5.74) is -1.12. The van der Waals surface area contributed by atoms with Crippen molar-refractivity contribution in [1.29, 1.82) is 0 Å². The lowest BCUT2D eigenvalue weighted by atomic mass is 9.41. The van der Waals surface area contributed by atoms with E-state index < -0.39 is 17.0 Å². The van der Waals surface area contributed by atoms with Gasteiger partial charge in [0.05, 0.1) is 10.8 Å². The lowest BCUT2D eigenvalue weighted by molar-refractivity contribution is -0.193. The molecule has 0 N–H and O–H groups in total. The van der Waals surface area contributed by atoms with Crippen molar-refractivity contribution < 1.29 is 9.18 Å². The Morgan fingerprint density at radius 1 is 0.714 bits per heavy atom. The third-order valence-corrected chi connectivity index (χ3v) is 8.80.